The van der Waals surface area contributed by atoms with Crippen molar-refractivity contribution in [1.82, 2.24) is 5.32 Å². The van der Waals surface area contributed by atoms with Crippen molar-refractivity contribution in [1.29, 1.82) is 0 Å². The van der Waals surface area contributed by atoms with E-state index in [-0.39, 0.29) is 0 Å². The fraction of sp³-hybridized carbons (Fsp3) is 1.00. The topological polar surface area (TPSA) is 21.3 Å². The SMILES string of the molecule is CCC(C)C1CC(NC2COC2)C1. The number of rotatable bonds is 4. The van der Waals surface area contributed by atoms with Crippen LogP contribution in [-0.2, 0) is 4.74 Å². The standard InChI is InChI=1S/C11H21NO/c1-3-8(2)9-4-10(5-9)12-11-6-13-7-11/h8-12H,3-7H2,1-2H3. The fourth-order valence-corrected chi connectivity index (χ4v) is 2.26. The molecule has 2 nitrogen and oxygen atoms in total. The fourth-order valence-electron chi connectivity index (χ4n) is 2.26. The quantitative estimate of drug-likeness (QED) is 0.717. The van der Waals surface area contributed by atoms with E-state index in [1.807, 2.05) is 0 Å². The van der Waals surface area contributed by atoms with Gasteiger partial charge in [0.2, 0.25) is 0 Å². The number of hydrogen-bond donors (Lipinski definition) is 1. The molecule has 0 bridgehead atoms. The lowest BCUT2D eigenvalue weighted by Gasteiger charge is -2.43. The van der Waals surface area contributed by atoms with E-state index in [0.29, 0.717) is 6.04 Å². The molecule has 1 heterocycles. The van der Waals surface area contributed by atoms with Crippen LogP contribution in [0.3, 0.4) is 0 Å². The van der Waals surface area contributed by atoms with E-state index < -0.39 is 0 Å². The van der Waals surface area contributed by atoms with Gasteiger partial charge in [-0.25, -0.2) is 0 Å². The van der Waals surface area contributed by atoms with E-state index in [4.69, 9.17) is 4.74 Å². The summed E-state index contributed by atoms with van der Waals surface area (Å²) < 4.78 is 5.14. The zero-order chi connectivity index (χ0) is 9.26. The van der Waals surface area contributed by atoms with Gasteiger partial charge in [-0.15, -0.1) is 0 Å². The third-order valence-electron chi connectivity index (χ3n) is 3.73. The molecule has 2 rings (SSSR count). The predicted octanol–water partition coefficient (Wildman–Crippen LogP) is 1.80. The lowest BCUT2D eigenvalue weighted by molar-refractivity contribution is -0.0209. The molecule has 13 heavy (non-hydrogen) atoms. The van der Waals surface area contributed by atoms with Crippen LogP contribution in [0.4, 0.5) is 0 Å². The van der Waals surface area contributed by atoms with Crippen molar-refractivity contribution >= 4 is 0 Å². The summed E-state index contributed by atoms with van der Waals surface area (Å²) in [4.78, 5) is 0. The molecule has 0 aromatic carbocycles. The van der Waals surface area contributed by atoms with Crippen LogP contribution in [-0.4, -0.2) is 25.3 Å². The third kappa shape index (κ3) is 2.05. The third-order valence-corrected chi connectivity index (χ3v) is 3.73. The zero-order valence-corrected chi connectivity index (χ0v) is 8.75. The molecule has 0 spiro atoms. The van der Waals surface area contributed by atoms with Crippen LogP contribution in [0.5, 0.6) is 0 Å². The first-order chi connectivity index (χ1) is 6.29. The molecule has 0 aromatic rings. The molecule has 0 aromatic heterocycles. The zero-order valence-electron chi connectivity index (χ0n) is 8.75. The van der Waals surface area contributed by atoms with E-state index >= 15 is 0 Å². The van der Waals surface area contributed by atoms with Crippen LogP contribution < -0.4 is 5.32 Å². The minimum absolute atomic E-state index is 0.669. The Balaban J connectivity index is 1.60. The van der Waals surface area contributed by atoms with Gasteiger partial charge in [0.1, 0.15) is 0 Å². The molecule has 1 unspecified atom stereocenters. The van der Waals surface area contributed by atoms with Crippen molar-refractivity contribution in [2.45, 2.75) is 45.2 Å². The Labute approximate surface area is 81.0 Å². The molecule has 1 saturated heterocycles. The molecule has 76 valence electrons. The second-order valence-electron chi connectivity index (χ2n) is 4.71. The monoisotopic (exact) mass is 183 g/mol. The summed E-state index contributed by atoms with van der Waals surface area (Å²) in [6.07, 6.45) is 4.13. The van der Waals surface area contributed by atoms with E-state index in [1.165, 1.54) is 19.3 Å². The summed E-state index contributed by atoms with van der Waals surface area (Å²) in [6.45, 7) is 6.55. The highest BCUT2D eigenvalue weighted by Crippen LogP contribution is 2.35. The maximum absolute atomic E-state index is 5.14. The average molecular weight is 183 g/mol. The highest BCUT2D eigenvalue weighted by Gasteiger charge is 2.34. The molecule has 2 aliphatic rings. The van der Waals surface area contributed by atoms with Gasteiger partial charge in [-0.3, -0.25) is 0 Å². The molecular weight excluding hydrogens is 162 g/mol. The van der Waals surface area contributed by atoms with Gasteiger partial charge < -0.3 is 10.1 Å². The van der Waals surface area contributed by atoms with Crippen LogP contribution in [0, 0.1) is 11.8 Å². The van der Waals surface area contributed by atoms with E-state index in [9.17, 15) is 0 Å². The number of nitrogens with one attached hydrogen (secondary N) is 1. The highest BCUT2D eigenvalue weighted by atomic mass is 16.5. The van der Waals surface area contributed by atoms with Gasteiger partial charge in [-0.1, -0.05) is 20.3 Å². The van der Waals surface area contributed by atoms with Crippen molar-refractivity contribution in [3.05, 3.63) is 0 Å². The largest absolute Gasteiger partial charge is 0.378 e. The van der Waals surface area contributed by atoms with Crippen molar-refractivity contribution < 1.29 is 4.74 Å². The lowest BCUT2D eigenvalue weighted by atomic mass is 9.72. The van der Waals surface area contributed by atoms with E-state index in [1.54, 1.807) is 0 Å². The maximum atomic E-state index is 5.14. The summed E-state index contributed by atoms with van der Waals surface area (Å²) >= 11 is 0. The number of hydrogen-bond acceptors (Lipinski definition) is 2. The molecule has 2 heteroatoms. The Morgan fingerprint density at radius 1 is 1.31 bits per heavy atom. The Kier molecular flexibility index (Phi) is 2.89. The van der Waals surface area contributed by atoms with Crippen molar-refractivity contribution in [2.24, 2.45) is 11.8 Å². The smallest absolute Gasteiger partial charge is 0.0643 e. The summed E-state index contributed by atoms with van der Waals surface area (Å²) in [6, 6.07) is 1.47. The Hall–Kier alpha value is -0.0800. The lowest BCUT2D eigenvalue weighted by Crippen LogP contribution is -2.54. The van der Waals surface area contributed by atoms with Gasteiger partial charge in [0.25, 0.3) is 0 Å². The summed E-state index contributed by atoms with van der Waals surface area (Å²) in [7, 11) is 0. The highest BCUT2D eigenvalue weighted by molar-refractivity contribution is 4.90. The van der Waals surface area contributed by atoms with Crippen LogP contribution in [0.2, 0.25) is 0 Å². The Morgan fingerprint density at radius 3 is 2.46 bits per heavy atom. The maximum Gasteiger partial charge on any atom is 0.0643 e. The second kappa shape index (κ2) is 3.97. The summed E-state index contributed by atoms with van der Waals surface area (Å²) in [5, 5.41) is 3.64. The molecular formula is C11H21NO. The van der Waals surface area contributed by atoms with Gasteiger partial charge in [0.05, 0.1) is 19.3 Å². The Bertz CT molecular complexity index is 161. The van der Waals surface area contributed by atoms with Crippen LogP contribution in [0.25, 0.3) is 0 Å². The molecule has 1 saturated carbocycles. The van der Waals surface area contributed by atoms with E-state index in [2.05, 4.69) is 19.2 Å². The van der Waals surface area contributed by atoms with Crippen molar-refractivity contribution in [3.8, 4) is 0 Å². The first kappa shape index (κ1) is 9.47. The van der Waals surface area contributed by atoms with Crippen molar-refractivity contribution in [3.63, 3.8) is 0 Å². The number of ether oxygens (including phenoxy) is 1. The van der Waals surface area contributed by atoms with E-state index in [0.717, 1.165) is 31.1 Å². The van der Waals surface area contributed by atoms with Gasteiger partial charge in [0, 0.05) is 6.04 Å². The molecule has 0 amide bonds. The average Bonchev–Trinajstić information content (AvgIpc) is 1.97. The first-order valence-electron chi connectivity index (χ1n) is 5.63. The Morgan fingerprint density at radius 2 is 2.00 bits per heavy atom. The molecule has 2 fully saturated rings. The molecule has 1 N–H and O–H groups in total. The summed E-state index contributed by atoms with van der Waals surface area (Å²) in [5.41, 5.74) is 0. The predicted molar refractivity (Wildman–Crippen MR) is 53.7 cm³/mol. The molecule has 1 atom stereocenters. The van der Waals surface area contributed by atoms with Crippen LogP contribution >= 0.6 is 0 Å². The van der Waals surface area contributed by atoms with Gasteiger partial charge in [-0.2, -0.15) is 0 Å². The molecule has 0 radical (unpaired) electrons. The molecule has 1 aliphatic heterocycles. The van der Waals surface area contributed by atoms with Crippen LogP contribution in [0.1, 0.15) is 33.1 Å². The van der Waals surface area contributed by atoms with Crippen molar-refractivity contribution in [2.75, 3.05) is 13.2 Å². The van der Waals surface area contributed by atoms with Gasteiger partial charge >= 0.3 is 0 Å². The van der Waals surface area contributed by atoms with Gasteiger partial charge in [-0.05, 0) is 24.7 Å². The minimum atomic E-state index is 0.669. The second-order valence-corrected chi connectivity index (χ2v) is 4.71. The summed E-state index contributed by atoms with van der Waals surface area (Å²) in [5.74, 6) is 1.92. The first-order valence-corrected chi connectivity index (χ1v) is 5.63. The van der Waals surface area contributed by atoms with Gasteiger partial charge in [0.15, 0.2) is 0 Å². The molecule has 1 aliphatic carbocycles. The normalized spacial score (nSPS) is 36.5. The minimum Gasteiger partial charge on any atom is -0.378 e. The van der Waals surface area contributed by atoms with Crippen LogP contribution in [0.15, 0.2) is 0 Å².